The maximum atomic E-state index is 5.96. The molecular weight excluding hydrogens is 242 g/mol. The van der Waals surface area contributed by atoms with Gasteiger partial charge in [0.2, 0.25) is 0 Å². The summed E-state index contributed by atoms with van der Waals surface area (Å²) in [4.78, 5) is 4.56. The van der Waals surface area contributed by atoms with Crippen LogP contribution in [0.5, 0.6) is 0 Å². The number of rotatable bonds is 11. The standard InChI is InChI=1S/C14H31NO2Si/c1-6-10-12-15-14(5)11-13-18(9-4,16-7-2)17-8-3/h12,14H,6-11,13H2,1-5H3. The van der Waals surface area contributed by atoms with Crippen LogP contribution in [0.1, 0.15) is 53.9 Å². The molecule has 0 radical (unpaired) electrons. The van der Waals surface area contributed by atoms with Gasteiger partial charge < -0.3 is 8.85 Å². The molecule has 0 aliphatic carbocycles. The third-order valence-corrected chi connectivity index (χ3v) is 6.83. The van der Waals surface area contributed by atoms with Crippen LogP contribution in [0.4, 0.5) is 0 Å². The van der Waals surface area contributed by atoms with Gasteiger partial charge in [0.1, 0.15) is 0 Å². The van der Waals surface area contributed by atoms with E-state index in [1.54, 1.807) is 0 Å². The van der Waals surface area contributed by atoms with E-state index in [1.807, 2.05) is 0 Å². The summed E-state index contributed by atoms with van der Waals surface area (Å²) in [5.74, 6) is 0. The second-order valence-electron chi connectivity index (χ2n) is 4.64. The van der Waals surface area contributed by atoms with Crippen LogP contribution in [0.15, 0.2) is 4.99 Å². The van der Waals surface area contributed by atoms with Crippen molar-refractivity contribution in [2.24, 2.45) is 4.99 Å². The van der Waals surface area contributed by atoms with Crippen molar-refractivity contribution in [3.05, 3.63) is 0 Å². The van der Waals surface area contributed by atoms with Gasteiger partial charge in [0.25, 0.3) is 0 Å². The van der Waals surface area contributed by atoms with E-state index >= 15 is 0 Å². The van der Waals surface area contributed by atoms with Gasteiger partial charge in [0.15, 0.2) is 0 Å². The van der Waals surface area contributed by atoms with Crippen molar-refractivity contribution in [3.8, 4) is 0 Å². The molecule has 1 atom stereocenters. The number of nitrogens with zero attached hydrogens (tertiary/aromatic N) is 1. The summed E-state index contributed by atoms with van der Waals surface area (Å²) in [5, 5.41) is 0. The molecule has 0 aliphatic rings. The fourth-order valence-corrected chi connectivity index (χ4v) is 5.02. The number of unbranched alkanes of at least 4 members (excludes halogenated alkanes) is 1. The summed E-state index contributed by atoms with van der Waals surface area (Å²) in [6, 6.07) is 2.46. The van der Waals surface area contributed by atoms with E-state index in [4.69, 9.17) is 8.85 Å². The molecule has 0 spiro atoms. The average Bonchev–Trinajstić information content (AvgIpc) is 2.37. The molecular formula is C14H31NO2Si. The Hall–Kier alpha value is -0.193. The Balaban J connectivity index is 4.23. The second kappa shape index (κ2) is 10.7. The van der Waals surface area contributed by atoms with Crippen molar-refractivity contribution in [2.45, 2.75) is 72.0 Å². The Kier molecular flexibility index (Phi) is 10.6. The highest BCUT2D eigenvalue weighted by Crippen LogP contribution is 2.22. The van der Waals surface area contributed by atoms with Crippen LogP contribution in [-0.4, -0.2) is 34.0 Å². The summed E-state index contributed by atoms with van der Waals surface area (Å²) in [6.45, 7) is 12.2. The SMILES string of the molecule is CCCC=NC(C)CC[Si](CC)(OCC)OCC. The summed E-state index contributed by atoms with van der Waals surface area (Å²) < 4.78 is 11.9. The van der Waals surface area contributed by atoms with Crippen LogP contribution in [-0.2, 0) is 8.85 Å². The van der Waals surface area contributed by atoms with Crippen LogP contribution in [0.25, 0.3) is 0 Å². The minimum Gasteiger partial charge on any atom is -0.394 e. The molecule has 0 heterocycles. The fraction of sp³-hybridized carbons (Fsp3) is 0.929. The molecule has 0 saturated carbocycles. The summed E-state index contributed by atoms with van der Waals surface area (Å²) in [7, 11) is -1.95. The highest BCUT2D eigenvalue weighted by atomic mass is 28.4. The molecule has 0 saturated heterocycles. The Labute approximate surface area is 114 Å². The van der Waals surface area contributed by atoms with Gasteiger partial charge in [-0.05, 0) is 51.9 Å². The molecule has 1 unspecified atom stereocenters. The maximum absolute atomic E-state index is 5.96. The largest absolute Gasteiger partial charge is 0.394 e. The third-order valence-electron chi connectivity index (χ3n) is 3.07. The zero-order valence-electron chi connectivity index (χ0n) is 12.9. The molecule has 4 heteroatoms. The van der Waals surface area contributed by atoms with Crippen molar-refractivity contribution < 1.29 is 8.85 Å². The molecule has 108 valence electrons. The third kappa shape index (κ3) is 7.29. The Morgan fingerprint density at radius 3 is 2.17 bits per heavy atom. The van der Waals surface area contributed by atoms with Gasteiger partial charge in [0, 0.05) is 19.3 Å². The Bertz CT molecular complexity index is 216. The molecule has 0 aromatic rings. The molecule has 18 heavy (non-hydrogen) atoms. The average molecular weight is 273 g/mol. The van der Waals surface area contributed by atoms with E-state index in [1.165, 1.54) is 6.42 Å². The quantitative estimate of drug-likeness (QED) is 0.418. The van der Waals surface area contributed by atoms with Crippen LogP contribution in [0, 0.1) is 0 Å². The van der Waals surface area contributed by atoms with Gasteiger partial charge in [-0.3, -0.25) is 4.99 Å². The lowest BCUT2D eigenvalue weighted by Crippen LogP contribution is -2.42. The normalized spacial score (nSPS) is 14.3. The van der Waals surface area contributed by atoms with Gasteiger partial charge in [-0.1, -0.05) is 20.3 Å². The highest BCUT2D eigenvalue weighted by molar-refractivity contribution is 6.67. The minimum absolute atomic E-state index is 0.385. The second-order valence-corrected chi connectivity index (χ2v) is 8.24. The predicted octanol–water partition coefficient (Wildman–Crippen LogP) is 4.17. The smallest absolute Gasteiger partial charge is 0.337 e. The van der Waals surface area contributed by atoms with E-state index in [-0.39, 0.29) is 0 Å². The number of hydrogen-bond donors (Lipinski definition) is 0. The first-order valence-electron chi connectivity index (χ1n) is 7.43. The summed E-state index contributed by atoms with van der Waals surface area (Å²) in [6.07, 6.45) is 5.38. The van der Waals surface area contributed by atoms with Crippen molar-refractivity contribution in [3.63, 3.8) is 0 Å². The monoisotopic (exact) mass is 273 g/mol. The Morgan fingerprint density at radius 1 is 1.11 bits per heavy atom. The van der Waals surface area contributed by atoms with Crippen LogP contribution < -0.4 is 0 Å². The zero-order chi connectivity index (χ0) is 13.9. The van der Waals surface area contributed by atoms with Gasteiger partial charge in [-0.25, -0.2) is 0 Å². The summed E-state index contributed by atoms with van der Waals surface area (Å²) in [5.41, 5.74) is 0. The van der Waals surface area contributed by atoms with E-state index < -0.39 is 8.56 Å². The highest BCUT2D eigenvalue weighted by Gasteiger charge is 2.34. The molecule has 0 fully saturated rings. The lowest BCUT2D eigenvalue weighted by molar-refractivity contribution is 0.182. The predicted molar refractivity (Wildman–Crippen MR) is 81.8 cm³/mol. The van der Waals surface area contributed by atoms with Crippen molar-refractivity contribution in [2.75, 3.05) is 13.2 Å². The minimum atomic E-state index is -1.95. The molecule has 0 aromatic carbocycles. The lowest BCUT2D eigenvalue weighted by Gasteiger charge is -2.29. The van der Waals surface area contributed by atoms with Crippen LogP contribution in [0.2, 0.25) is 12.1 Å². The fourth-order valence-electron chi connectivity index (χ4n) is 1.98. The van der Waals surface area contributed by atoms with Crippen molar-refractivity contribution >= 4 is 14.8 Å². The first-order valence-corrected chi connectivity index (χ1v) is 9.66. The van der Waals surface area contributed by atoms with Gasteiger partial charge in [-0.2, -0.15) is 0 Å². The first-order chi connectivity index (χ1) is 8.64. The Morgan fingerprint density at radius 2 is 1.72 bits per heavy atom. The number of hydrogen-bond acceptors (Lipinski definition) is 3. The van der Waals surface area contributed by atoms with E-state index in [2.05, 4.69) is 45.8 Å². The van der Waals surface area contributed by atoms with Gasteiger partial charge in [-0.15, -0.1) is 0 Å². The first kappa shape index (κ1) is 17.8. The lowest BCUT2D eigenvalue weighted by atomic mass is 10.3. The maximum Gasteiger partial charge on any atom is 0.337 e. The van der Waals surface area contributed by atoms with Crippen LogP contribution in [0.3, 0.4) is 0 Å². The molecule has 0 rings (SSSR count). The van der Waals surface area contributed by atoms with E-state index in [9.17, 15) is 0 Å². The van der Waals surface area contributed by atoms with Gasteiger partial charge >= 0.3 is 8.56 Å². The van der Waals surface area contributed by atoms with Gasteiger partial charge in [0.05, 0.1) is 0 Å². The van der Waals surface area contributed by atoms with Crippen LogP contribution >= 0.6 is 0 Å². The molecule has 0 aromatic heterocycles. The number of aliphatic imine (C=N–C) groups is 1. The van der Waals surface area contributed by atoms with E-state index in [0.717, 1.165) is 38.1 Å². The zero-order valence-corrected chi connectivity index (χ0v) is 13.9. The molecule has 0 amide bonds. The van der Waals surface area contributed by atoms with Crippen molar-refractivity contribution in [1.82, 2.24) is 0 Å². The topological polar surface area (TPSA) is 30.8 Å². The summed E-state index contributed by atoms with van der Waals surface area (Å²) >= 11 is 0. The van der Waals surface area contributed by atoms with E-state index in [0.29, 0.717) is 6.04 Å². The molecule has 0 N–H and O–H groups in total. The molecule has 0 bridgehead atoms. The molecule has 0 aliphatic heterocycles. The van der Waals surface area contributed by atoms with Crippen molar-refractivity contribution in [1.29, 1.82) is 0 Å². The molecule has 3 nitrogen and oxygen atoms in total.